The topological polar surface area (TPSA) is 58.8 Å². The number of aliphatic imine (C=N–C) groups is 1. The van der Waals surface area contributed by atoms with Gasteiger partial charge >= 0.3 is 0 Å². The van der Waals surface area contributed by atoms with Gasteiger partial charge in [-0.1, -0.05) is 18.2 Å². The van der Waals surface area contributed by atoms with Gasteiger partial charge in [0.2, 0.25) is 0 Å². The van der Waals surface area contributed by atoms with Crippen LogP contribution in [0.5, 0.6) is 5.75 Å². The Hall–Kier alpha value is -2.43. The standard InChI is InChI=1S/C17H23N3O2/c1-3-18-17(20-13-16-10-7-11-21-16)19-12-14(2)22-15-8-5-4-6-9-15/h4-11,14H,3,12-13H2,1-2H3,(H2,18,19,20). The molecule has 5 nitrogen and oxygen atoms in total. The molecule has 22 heavy (non-hydrogen) atoms. The monoisotopic (exact) mass is 301 g/mol. The summed E-state index contributed by atoms with van der Waals surface area (Å²) in [5.74, 6) is 2.46. The molecule has 0 aliphatic heterocycles. The molecule has 0 saturated heterocycles. The maximum absolute atomic E-state index is 5.83. The minimum Gasteiger partial charge on any atom is -0.489 e. The quantitative estimate of drug-likeness (QED) is 0.610. The third-order valence-corrected chi connectivity index (χ3v) is 2.95. The molecule has 0 aliphatic rings. The molecule has 1 heterocycles. The summed E-state index contributed by atoms with van der Waals surface area (Å²) in [7, 11) is 0. The molecule has 2 aromatic rings. The Kier molecular flexibility index (Phi) is 6.36. The van der Waals surface area contributed by atoms with Gasteiger partial charge in [-0.25, -0.2) is 4.99 Å². The molecular weight excluding hydrogens is 278 g/mol. The van der Waals surface area contributed by atoms with Gasteiger partial charge in [-0.05, 0) is 38.1 Å². The second-order valence-corrected chi connectivity index (χ2v) is 4.90. The van der Waals surface area contributed by atoms with Crippen LogP contribution in [0.1, 0.15) is 19.6 Å². The van der Waals surface area contributed by atoms with E-state index in [1.807, 2.05) is 56.3 Å². The number of nitrogens with one attached hydrogen (secondary N) is 2. The molecule has 1 unspecified atom stereocenters. The van der Waals surface area contributed by atoms with Crippen molar-refractivity contribution in [3.63, 3.8) is 0 Å². The molecular formula is C17H23N3O2. The number of guanidine groups is 1. The van der Waals surface area contributed by atoms with Gasteiger partial charge in [0.05, 0.1) is 12.8 Å². The molecule has 2 N–H and O–H groups in total. The Morgan fingerprint density at radius 1 is 1.18 bits per heavy atom. The highest BCUT2D eigenvalue weighted by Gasteiger charge is 2.05. The normalized spacial score (nSPS) is 12.7. The molecule has 0 spiro atoms. The zero-order chi connectivity index (χ0) is 15.6. The molecule has 0 fully saturated rings. The number of benzene rings is 1. The Morgan fingerprint density at radius 3 is 2.68 bits per heavy atom. The number of rotatable bonds is 7. The summed E-state index contributed by atoms with van der Waals surface area (Å²) < 4.78 is 11.1. The van der Waals surface area contributed by atoms with Gasteiger partial charge in [0.25, 0.3) is 0 Å². The number of ether oxygens (including phenoxy) is 1. The lowest BCUT2D eigenvalue weighted by Gasteiger charge is -2.17. The van der Waals surface area contributed by atoms with Gasteiger partial charge < -0.3 is 19.8 Å². The molecule has 118 valence electrons. The van der Waals surface area contributed by atoms with E-state index in [1.54, 1.807) is 6.26 Å². The number of para-hydroxylation sites is 1. The highest BCUT2D eigenvalue weighted by Crippen LogP contribution is 2.10. The number of hydrogen-bond acceptors (Lipinski definition) is 3. The van der Waals surface area contributed by atoms with E-state index < -0.39 is 0 Å². The molecule has 5 heteroatoms. The van der Waals surface area contributed by atoms with Crippen LogP contribution >= 0.6 is 0 Å². The fraction of sp³-hybridized carbons (Fsp3) is 0.353. The number of nitrogens with zero attached hydrogens (tertiary/aromatic N) is 1. The molecule has 1 aromatic heterocycles. The molecule has 0 aliphatic carbocycles. The Balaban J connectivity index is 1.81. The summed E-state index contributed by atoms with van der Waals surface area (Å²) in [5, 5.41) is 6.48. The van der Waals surface area contributed by atoms with Crippen LogP contribution in [0.2, 0.25) is 0 Å². The van der Waals surface area contributed by atoms with Gasteiger partial charge in [0.1, 0.15) is 24.2 Å². The SMILES string of the molecule is CCNC(=NCc1ccco1)NCC(C)Oc1ccccc1. The first kappa shape index (κ1) is 15.9. The lowest BCUT2D eigenvalue weighted by atomic mass is 10.3. The molecule has 0 radical (unpaired) electrons. The molecule has 1 atom stereocenters. The van der Waals surface area contributed by atoms with Crippen molar-refractivity contribution in [3.05, 3.63) is 54.5 Å². The highest BCUT2D eigenvalue weighted by molar-refractivity contribution is 5.79. The van der Waals surface area contributed by atoms with Crippen molar-refractivity contribution in [1.82, 2.24) is 10.6 Å². The minimum atomic E-state index is 0.0369. The van der Waals surface area contributed by atoms with Crippen molar-refractivity contribution in [1.29, 1.82) is 0 Å². The predicted molar refractivity (Wildman–Crippen MR) is 88.1 cm³/mol. The summed E-state index contributed by atoms with van der Waals surface area (Å²) in [6.45, 7) is 6.04. The van der Waals surface area contributed by atoms with Crippen LogP contribution in [-0.2, 0) is 6.54 Å². The van der Waals surface area contributed by atoms with E-state index in [0.717, 1.165) is 24.0 Å². The van der Waals surface area contributed by atoms with Crippen LogP contribution < -0.4 is 15.4 Å². The Morgan fingerprint density at radius 2 is 2.00 bits per heavy atom. The van der Waals surface area contributed by atoms with Crippen LogP contribution in [0.4, 0.5) is 0 Å². The van der Waals surface area contributed by atoms with E-state index in [1.165, 1.54) is 0 Å². The second-order valence-electron chi connectivity index (χ2n) is 4.90. The van der Waals surface area contributed by atoms with Crippen LogP contribution in [0.15, 0.2) is 58.1 Å². The van der Waals surface area contributed by atoms with Crippen molar-refractivity contribution < 1.29 is 9.15 Å². The van der Waals surface area contributed by atoms with Crippen LogP contribution in [0.25, 0.3) is 0 Å². The molecule has 0 saturated carbocycles. The van der Waals surface area contributed by atoms with E-state index in [9.17, 15) is 0 Å². The van der Waals surface area contributed by atoms with Crippen molar-refractivity contribution in [3.8, 4) is 5.75 Å². The second kappa shape index (κ2) is 8.77. The number of furan rings is 1. The smallest absolute Gasteiger partial charge is 0.191 e. The first-order valence-corrected chi connectivity index (χ1v) is 7.54. The molecule has 1 aromatic carbocycles. The van der Waals surface area contributed by atoms with Gasteiger partial charge in [-0.3, -0.25) is 0 Å². The predicted octanol–water partition coefficient (Wildman–Crippen LogP) is 2.80. The fourth-order valence-corrected chi connectivity index (χ4v) is 1.91. The van der Waals surface area contributed by atoms with Crippen LogP contribution in [0, 0.1) is 0 Å². The van der Waals surface area contributed by atoms with Crippen LogP contribution in [0.3, 0.4) is 0 Å². The van der Waals surface area contributed by atoms with E-state index in [-0.39, 0.29) is 6.10 Å². The van der Waals surface area contributed by atoms with Crippen molar-refractivity contribution in [2.24, 2.45) is 4.99 Å². The largest absolute Gasteiger partial charge is 0.489 e. The first-order chi connectivity index (χ1) is 10.8. The highest BCUT2D eigenvalue weighted by atomic mass is 16.5. The average Bonchev–Trinajstić information content (AvgIpc) is 3.04. The summed E-state index contributed by atoms with van der Waals surface area (Å²) in [6, 6.07) is 13.6. The Labute approximate surface area is 131 Å². The molecule has 2 rings (SSSR count). The van der Waals surface area contributed by atoms with Gasteiger partial charge in [-0.2, -0.15) is 0 Å². The zero-order valence-corrected chi connectivity index (χ0v) is 13.1. The van der Waals surface area contributed by atoms with Gasteiger partial charge in [-0.15, -0.1) is 0 Å². The maximum atomic E-state index is 5.83. The van der Waals surface area contributed by atoms with Gasteiger partial charge in [0, 0.05) is 6.54 Å². The molecule has 0 amide bonds. The lowest BCUT2D eigenvalue weighted by Crippen LogP contribution is -2.41. The summed E-state index contributed by atoms with van der Waals surface area (Å²) in [4.78, 5) is 4.48. The lowest BCUT2D eigenvalue weighted by molar-refractivity contribution is 0.224. The van der Waals surface area contributed by atoms with E-state index in [4.69, 9.17) is 9.15 Å². The van der Waals surface area contributed by atoms with Gasteiger partial charge in [0.15, 0.2) is 5.96 Å². The number of hydrogen-bond donors (Lipinski definition) is 2. The first-order valence-electron chi connectivity index (χ1n) is 7.54. The summed E-state index contributed by atoms with van der Waals surface area (Å²) >= 11 is 0. The van der Waals surface area contributed by atoms with Crippen molar-refractivity contribution >= 4 is 5.96 Å². The maximum Gasteiger partial charge on any atom is 0.191 e. The summed E-state index contributed by atoms with van der Waals surface area (Å²) in [5.41, 5.74) is 0. The van der Waals surface area contributed by atoms with E-state index in [0.29, 0.717) is 13.1 Å². The molecule has 0 bridgehead atoms. The zero-order valence-electron chi connectivity index (χ0n) is 13.1. The van der Waals surface area contributed by atoms with Crippen molar-refractivity contribution in [2.45, 2.75) is 26.5 Å². The van der Waals surface area contributed by atoms with Crippen molar-refractivity contribution in [2.75, 3.05) is 13.1 Å². The third kappa shape index (κ3) is 5.52. The third-order valence-electron chi connectivity index (χ3n) is 2.95. The minimum absolute atomic E-state index is 0.0369. The average molecular weight is 301 g/mol. The van der Waals surface area contributed by atoms with E-state index in [2.05, 4.69) is 15.6 Å². The van der Waals surface area contributed by atoms with Crippen LogP contribution in [-0.4, -0.2) is 25.2 Å². The van der Waals surface area contributed by atoms with E-state index >= 15 is 0 Å². The fourth-order valence-electron chi connectivity index (χ4n) is 1.91. The Bertz CT molecular complexity index is 553. The summed E-state index contributed by atoms with van der Waals surface area (Å²) in [6.07, 6.45) is 1.69.